The zero-order valence-electron chi connectivity index (χ0n) is 16.3. The van der Waals surface area contributed by atoms with Crippen molar-refractivity contribution in [1.29, 1.82) is 0 Å². The lowest BCUT2D eigenvalue weighted by atomic mass is 10.2. The quantitative estimate of drug-likeness (QED) is 0.366. The summed E-state index contributed by atoms with van der Waals surface area (Å²) in [5.41, 5.74) is 1.90. The van der Waals surface area contributed by atoms with Gasteiger partial charge < -0.3 is 13.9 Å². The van der Waals surface area contributed by atoms with Gasteiger partial charge in [0.2, 0.25) is 0 Å². The van der Waals surface area contributed by atoms with Crippen molar-refractivity contribution in [3.8, 4) is 33.7 Å². The Morgan fingerprint density at radius 1 is 1.14 bits per heavy atom. The maximum atomic E-state index is 5.53. The van der Waals surface area contributed by atoms with Crippen molar-refractivity contribution < 1.29 is 13.9 Å². The molecule has 0 saturated heterocycles. The Morgan fingerprint density at radius 2 is 2.03 bits per heavy atom. The van der Waals surface area contributed by atoms with E-state index in [4.69, 9.17) is 18.9 Å². The summed E-state index contributed by atoms with van der Waals surface area (Å²) >= 11 is 3.19. The standard InChI is InChI=1S/C20H20N4O3S2/c1-4-24-18(16-9-6-10-27-16)22-23-20(24)29-12-13-11-28-19(21-13)14-7-5-8-15(25-2)17(14)26-3/h5-11H,4,12H2,1-3H3. The SMILES string of the molecule is CCn1c(SCc2csc(-c3cccc(OC)c3OC)n2)nnc1-c1ccco1. The first-order valence-electron chi connectivity index (χ1n) is 9.00. The summed E-state index contributed by atoms with van der Waals surface area (Å²) in [4.78, 5) is 4.78. The van der Waals surface area contributed by atoms with Gasteiger partial charge in [0.1, 0.15) is 5.01 Å². The smallest absolute Gasteiger partial charge is 0.200 e. The average Bonchev–Trinajstić information content (AvgIpc) is 3.51. The van der Waals surface area contributed by atoms with Crippen LogP contribution in [-0.4, -0.2) is 34.0 Å². The van der Waals surface area contributed by atoms with Gasteiger partial charge in [0, 0.05) is 17.7 Å². The molecular formula is C20H20N4O3S2. The minimum absolute atomic E-state index is 0.692. The van der Waals surface area contributed by atoms with Gasteiger partial charge in [-0.3, -0.25) is 4.57 Å². The van der Waals surface area contributed by atoms with Gasteiger partial charge in [-0.2, -0.15) is 0 Å². The third-order valence-corrected chi connectivity index (χ3v) is 6.23. The number of thiazole rings is 1. The van der Waals surface area contributed by atoms with E-state index < -0.39 is 0 Å². The lowest BCUT2D eigenvalue weighted by molar-refractivity contribution is 0.356. The minimum Gasteiger partial charge on any atom is -0.493 e. The van der Waals surface area contributed by atoms with Gasteiger partial charge in [-0.25, -0.2) is 4.98 Å². The molecule has 0 atom stereocenters. The van der Waals surface area contributed by atoms with Crippen molar-refractivity contribution in [2.75, 3.05) is 14.2 Å². The fourth-order valence-corrected chi connectivity index (χ4v) is 4.80. The Labute approximate surface area is 176 Å². The molecule has 9 heteroatoms. The summed E-state index contributed by atoms with van der Waals surface area (Å²) in [5.74, 6) is 3.53. The number of aromatic nitrogens is 4. The van der Waals surface area contributed by atoms with Gasteiger partial charge in [0.15, 0.2) is 28.2 Å². The number of ether oxygens (including phenoxy) is 2. The van der Waals surface area contributed by atoms with Crippen LogP contribution in [0.3, 0.4) is 0 Å². The van der Waals surface area contributed by atoms with Crippen LogP contribution in [0.25, 0.3) is 22.2 Å². The topological polar surface area (TPSA) is 75.2 Å². The lowest BCUT2D eigenvalue weighted by Crippen LogP contribution is -1.99. The molecule has 4 rings (SSSR count). The van der Waals surface area contributed by atoms with Crippen molar-refractivity contribution >= 4 is 23.1 Å². The van der Waals surface area contributed by atoms with Crippen LogP contribution in [-0.2, 0) is 12.3 Å². The number of furan rings is 1. The zero-order valence-corrected chi connectivity index (χ0v) is 17.9. The number of thioether (sulfide) groups is 1. The number of benzene rings is 1. The van der Waals surface area contributed by atoms with Crippen molar-refractivity contribution in [3.05, 3.63) is 47.7 Å². The third kappa shape index (κ3) is 3.88. The summed E-state index contributed by atoms with van der Waals surface area (Å²) in [6.07, 6.45) is 1.64. The Morgan fingerprint density at radius 3 is 2.76 bits per heavy atom. The number of methoxy groups -OCH3 is 2. The monoisotopic (exact) mass is 428 g/mol. The van der Waals surface area contributed by atoms with E-state index in [9.17, 15) is 0 Å². The van der Waals surface area contributed by atoms with Crippen LogP contribution in [0.1, 0.15) is 12.6 Å². The van der Waals surface area contributed by atoms with E-state index >= 15 is 0 Å². The molecule has 0 aliphatic heterocycles. The Hall–Kier alpha value is -2.78. The second-order valence-corrected chi connectivity index (χ2v) is 7.80. The maximum Gasteiger partial charge on any atom is 0.200 e. The molecule has 1 aromatic carbocycles. The third-order valence-electron chi connectivity index (χ3n) is 4.31. The minimum atomic E-state index is 0.692. The van der Waals surface area contributed by atoms with Crippen LogP contribution in [0.5, 0.6) is 11.5 Å². The van der Waals surface area contributed by atoms with E-state index in [2.05, 4.69) is 22.5 Å². The second kappa shape index (κ2) is 8.71. The summed E-state index contributed by atoms with van der Waals surface area (Å²) in [7, 11) is 3.27. The van der Waals surface area contributed by atoms with Crippen molar-refractivity contribution in [2.45, 2.75) is 24.4 Å². The Bertz CT molecular complexity index is 1090. The van der Waals surface area contributed by atoms with Crippen LogP contribution in [0.2, 0.25) is 0 Å². The summed E-state index contributed by atoms with van der Waals surface area (Å²) in [6.45, 7) is 2.82. The molecule has 4 aromatic rings. The van der Waals surface area contributed by atoms with Crippen molar-refractivity contribution in [3.63, 3.8) is 0 Å². The average molecular weight is 429 g/mol. The van der Waals surface area contributed by atoms with Gasteiger partial charge in [-0.05, 0) is 31.2 Å². The first-order chi connectivity index (χ1) is 14.2. The molecule has 0 bridgehead atoms. The van der Waals surface area contributed by atoms with Gasteiger partial charge in [0.25, 0.3) is 0 Å². The van der Waals surface area contributed by atoms with Crippen molar-refractivity contribution in [2.24, 2.45) is 0 Å². The highest BCUT2D eigenvalue weighted by Gasteiger charge is 2.17. The molecule has 7 nitrogen and oxygen atoms in total. The Balaban J connectivity index is 1.53. The van der Waals surface area contributed by atoms with Crippen LogP contribution in [0.4, 0.5) is 0 Å². The normalized spacial score (nSPS) is 11.0. The van der Waals surface area contributed by atoms with Crippen LogP contribution < -0.4 is 9.47 Å². The van der Waals surface area contributed by atoms with Gasteiger partial charge in [-0.1, -0.05) is 17.8 Å². The van der Waals surface area contributed by atoms with Crippen LogP contribution in [0.15, 0.2) is 51.5 Å². The summed E-state index contributed by atoms with van der Waals surface area (Å²) in [5, 5.41) is 12.4. The molecule has 3 heterocycles. The molecule has 0 unspecified atom stereocenters. The fourth-order valence-electron chi connectivity index (χ4n) is 2.96. The highest BCUT2D eigenvalue weighted by Crippen LogP contribution is 2.39. The highest BCUT2D eigenvalue weighted by molar-refractivity contribution is 7.98. The maximum absolute atomic E-state index is 5.53. The molecule has 3 aromatic heterocycles. The van der Waals surface area contributed by atoms with E-state index in [0.29, 0.717) is 23.0 Å². The van der Waals surface area contributed by atoms with E-state index in [1.165, 1.54) is 0 Å². The Kier molecular flexibility index (Phi) is 5.86. The summed E-state index contributed by atoms with van der Waals surface area (Å²) < 4.78 is 18.4. The van der Waals surface area contributed by atoms with E-state index in [1.54, 1.807) is 43.6 Å². The molecule has 0 spiro atoms. The number of hydrogen-bond acceptors (Lipinski definition) is 8. The van der Waals surface area contributed by atoms with Gasteiger partial charge >= 0.3 is 0 Å². The van der Waals surface area contributed by atoms with E-state index in [1.807, 2.05) is 34.9 Å². The first kappa shape index (κ1) is 19.5. The molecule has 0 amide bonds. The molecule has 0 aliphatic carbocycles. The highest BCUT2D eigenvalue weighted by atomic mass is 32.2. The number of hydrogen-bond donors (Lipinski definition) is 0. The van der Waals surface area contributed by atoms with E-state index in [-0.39, 0.29) is 0 Å². The lowest BCUT2D eigenvalue weighted by Gasteiger charge is -2.10. The summed E-state index contributed by atoms with van der Waals surface area (Å²) in [6, 6.07) is 9.53. The predicted molar refractivity (Wildman–Crippen MR) is 114 cm³/mol. The van der Waals surface area contributed by atoms with E-state index in [0.717, 1.165) is 33.8 Å². The molecule has 0 fully saturated rings. The van der Waals surface area contributed by atoms with Gasteiger partial charge in [-0.15, -0.1) is 21.5 Å². The molecule has 0 N–H and O–H groups in total. The largest absolute Gasteiger partial charge is 0.493 e. The number of rotatable bonds is 8. The van der Waals surface area contributed by atoms with Crippen LogP contribution in [0, 0.1) is 0 Å². The predicted octanol–water partition coefficient (Wildman–Crippen LogP) is 4.99. The second-order valence-electron chi connectivity index (χ2n) is 6.00. The van der Waals surface area contributed by atoms with Crippen molar-refractivity contribution in [1.82, 2.24) is 19.7 Å². The molecule has 0 aliphatic rings. The molecule has 29 heavy (non-hydrogen) atoms. The first-order valence-corrected chi connectivity index (χ1v) is 10.9. The molecular weight excluding hydrogens is 408 g/mol. The molecule has 0 radical (unpaired) electrons. The van der Waals surface area contributed by atoms with Gasteiger partial charge in [0.05, 0.1) is 31.7 Å². The fraction of sp³-hybridized carbons (Fsp3) is 0.250. The number of nitrogens with zero attached hydrogens (tertiary/aromatic N) is 4. The molecule has 0 saturated carbocycles. The molecule has 150 valence electrons. The zero-order chi connectivity index (χ0) is 20.2. The number of para-hydroxylation sites is 1. The van der Waals surface area contributed by atoms with Crippen LogP contribution >= 0.6 is 23.1 Å².